The third-order valence-electron chi connectivity index (χ3n) is 5.63. The molecule has 0 bridgehead atoms. The summed E-state index contributed by atoms with van der Waals surface area (Å²) >= 11 is 0. The Bertz CT molecular complexity index is 1850. The SMILES string of the molecule is NS(=O)(=O)c1ccc(-n2nc(C(=O)OCCOc3ccc4ccc(=O)oc4c3)cc2-c2cccc(F)c2)cc1. The van der Waals surface area contributed by atoms with Crippen LogP contribution in [0.15, 0.2) is 99.0 Å². The molecule has 0 saturated carbocycles. The van der Waals surface area contributed by atoms with Crippen LogP contribution in [0.3, 0.4) is 0 Å². The first-order valence-corrected chi connectivity index (χ1v) is 13.1. The molecule has 0 aliphatic heterocycles. The number of carbonyl (C=O) groups is 1. The lowest BCUT2D eigenvalue weighted by molar-refractivity contribution is 0.0443. The Labute approximate surface area is 221 Å². The van der Waals surface area contributed by atoms with E-state index in [0.717, 1.165) is 5.39 Å². The molecule has 0 fully saturated rings. The van der Waals surface area contributed by atoms with Crippen molar-refractivity contribution in [2.45, 2.75) is 4.90 Å². The van der Waals surface area contributed by atoms with E-state index in [0.29, 0.717) is 28.3 Å². The Morgan fingerprint density at radius 3 is 2.49 bits per heavy atom. The number of esters is 1. The maximum Gasteiger partial charge on any atom is 0.358 e. The van der Waals surface area contributed by atoms with E-state index in [4.69, 9.17) is 19.0 Å². The third-order valence-corrected chi connectivity index (χ3v) is 6.56. The zero-order valence-corrected chi connectivity index (χ0v) is 20.9. The van der Waals surface area contributed by atoms with Gasteiger partial charge in [-0.25, -0.2) is 32.2 Å². The summed E-state index contributed by atoms with van der Waals surface area (Å²) < 4.78 is 54.6. The van der Waals surface area contributed by atoms with Crippen molar-refractivity contribution >= 4 is 27.0 Å². The van der Waals surface area contributed by atoms with Crippen molar-refractivity contribution in [1.82, 2.24) is 9.78 Å². The van der Waals surface area contributed by atoms with Crippen LogP contribution in [-0.2, 0) is 14.8 Å². The minimum atomic E-state index is -3.91. The molecule has 3 aromatic carbocycles. The van der Waals surface area contributed by atoms with E-state index in [1.807, 2.05) is 0 Å². The van der Waals surface area contributed by atoms with Crippen molar-refractivity contribution in [3.05, 3.63) is 107 Å². The van der Waals surface area contributed by atoms with E-state index in [1.54, 1.807) is 30.3 Å². The average Bonchev–Trinajstić information content (AvgIpc) is 3.36. The number of ether oxygens (including phenoxy) is 2. The number of fused-ring (bicyclic) bond motifs is 1. The Balaban J connectivity index is 1.33. The first kappa shape index (κ1) is 25.8. The van der Waals surface area contributed by atoms with Crippen LogP contribution in [0.2, 0.25) is 0 Å². The highest BCUT2D eigenvalue weighted by molar-refractivity contribution is 7.89. The fourth-order valence-corrected chi connectivity index (χ4v) is 4.32. The number of benzene rings is 3. The van der Waals surface area contributed by atoms with E-state index in [2.05, 4.69) is 5.10 Å². The smallest absolute Gasteiger partial charge is 0.358 e. The summed E-state index contributed by atoms with van der Waals surface area (Å²) in [4.78, 5) is 24.1. The van der Waals surface area contributed by atoms with Crippen molar-refractivity contribution < 1.29 is 31.5 Å². The van der Waals surface area contributed by atoms with Gasteiger partial charge in [0.15, 0.2) is 5.69 Å². The number of nitrogens with two attached hydrogens (primary N) is 1. The van der Waals surface area contributed by atoms with Crippen molar-refractivity contribution in [3.8, 4) is 22.7 Å². The summed E-state index contributed by atoms with van der Waals surface area (Å²) in [7, 11) is -3.91. The second-order valence-corrected chi connectivity index (χ2v) is 9.88. The van der Waals surface area contributed by atoms with Gasteiger partial charge in [0.1, 0.15) is 30.4 Å². The van der Waals surface area contributed by atoms with Gasteiger partial charge in [-0.2, -0.15) is 5.10 Å². The average molecular weight is 550 g/mol. The molecule has 2 aromatic heterocycles. The number of rotatable bonds is 8. The molecular formula is C27H20FN3O7S. The standard InChI is InChI=1S/C27H20FN3O7S/c28-19-3-1-2-18(14-19)24-16-23(30-31(24)20-6-9-22(10-7-20)39(29,34)35)27(33)37-13-12-36-21-8-4-17-5-11-26(32)38-25(17)15-21/h1-11,14-16H,12-13H2,(H2,29,34,35). The molecule has 5 aromatic rings. The molecule has 0 atom stereocenters. The largest absolute Gasteiger partial charge is 0.490 e. The van der Waals surface area contributed by atoms with E-state index >= 15 is 0 Å². The number of primary sulfonamides is 1. The van der Waals surface area contributed by atoms with Crippen molar-refractivity contribution in [3.63, 3.8) is 0 Å². The first-order chi connectivity index (χ1) is 18.7. The molecule has 39 heavy (non-hydrogen) atoms. The molecule has 5 rings (SSSR count). The first-order valence-electron chi connectivity index (χ1n) is 11.5. The Morgan fingerprint density at radius 2 is 1.74 bits per heavy atom. The third kappa shape index (κ3) is 5.87. The van der Waals surface area contributed by atoms with Crippen molar-refractivity contribution in [2.24, 2.45) is 5.14 Å². The minimum Gasteiger partial charge on any atom is -0.490 e. The fraction of sp³-hybridized carbons (Fsp3) is 0.0741. The van der Waals surface area contributed by atoms with Crippen LogP contribution < -0.4 is 15.5 Å². The zero-order chi connectivity index (χ0) is 27.6. The van der Waals surface area contributed by atoms with Gasteiger partial charge in [-0.1, -0.05) is 12.1 Å². The van der Waals surface area contributed by atoms with Gasteiger partial charge in [-0.15, -0.1) is 0 Å². The number of sulfonamides is 1. The predicted octanol–water partition coefficient (Wildman–Crippen LogP) is 3.67. The van der Waals surface area contributed by atoms with E-state index < -0.39 is 27.4 Å². The van der Waals surface area contributed by atoms with Crippen LogP contribution in [0, 0.1) is 5.82 Å². The van der Waals surface area contributed by atoms with Crippen LogP contribution >= 0.6 is 0 Å². The number of hydrogen-bond donors (Lipinski definition) is 1. The summed E-state index contributed by atoms with van der Waals surface area (Å²) in [6, 6.07) is 20.6. The molecule has 0 amide bonds. The van der Waals surface area contributed by atoms with Gasteiger partial charge < -0.3 is 13.9 Å². The summed E-state index contributed by atoms with van der Waals surface area (Å²) in [5.41, 5.74) is 1.04. The zero-order valence-electron chi connectivity index (χ0n) is 20.1. The Hall–Kier alpha value is -4.81. The van der Waals surface area contributed by atoms with Crippen LogP contribution in [0.5, 0.6) is 5.75 Å². The number of aromatic nitrogens is 2. The van der Waals surface area contributed by atoms with Crippen molar-refractivity contribution in [1.29, 1.82) is 0 Å². The summed E-state index contributed by atoms with van der Waals surface area (Å²) in [6.45, 7) is -0.0956. The second kappa shape index (κ2) is 10.5. The molecule has 2 heterocycles. The molecule has 0 unspecified atom stereocenters. The van der Waals surface area contributed by atoms with E-state index in [-0.39, 0.29) is 23.8 Å². The highest BCUT2D eigenvalue weighted by atomic mass is 32.2. The molecule has 0 aliphatic carbocycles. The van der Waals surface area contributed by atoms with Gasteiger partial charge >= 0.3 is 11.6 Å². The van der Waals surface area contributed by atoms with E-state index in [1.165, 1.54) is 59.3 Å². The molecule has 12 heteroatoms. The lowest BCUT2D eigenvalue weighted by Crippen LogP contribution is -2.13. The predicted molar refractivity (Wildman–Crippen MR) is 139 cm³/mol. The van der Waals surface area contributed by atoms with Crippen LogP contribution in [0.4, 0.5) is 4.39 Å². The highest BCUT2D eigenvalue weighted by Gasteiger charge is 2.19. The van der Waals surface area contributed by atoms with Crippen LogP contribution in [0.1, 0.15) is 10.5 Å². The Morgan fingerprint density at radius 1 is 0.974 bits per heavy atom. The van der Waals surface area contributed by atoms with Crippen LogP contribution in [0.25, 0.3) is 27.9 Å². The minimum absolute atomic E-state index is 0.0147. The molecule has 0 radical (unpaired) electrons. The quantitative estimate of drug-likeness (QED) is 0.175. The molecule has 2 N–H and O–H groups in total. The van der Waals surface area contributed by atoms with Gasteiger partial charge in [-0.3, -0.25) is 0 Å². The van der Waals surface area contributed by atoms with Crippen molar-refractivity contribution in [2.75, 3.05) is 13.2 Å². The lowest BCUT2D eigenvalue weighted by atomic mass is 10.1. The van der Waals surface area contributed by atoms with Crippen LogP contribution in [-0.4, -0.2) is 37.4 Å². The number of carbonyl (C=O) groups excluding carboxylic acids is 1. The number of hydrogen-bond acceptors (Lipinski definition) is 8. The van der Waals surface area contributed by atoms with Gasteiger partial charge in [-0.05, 0) is 60.7 Å². The number of nitrogens with zero attached hydrogens (tertiary/aromatic N) is 2. The Kier molecular flexibility index (Phi) is 6.96. The lowest BCUT2D eigenvalue weighted by Gasteiger charge is -2.08. The van der Waals surface area contributed by atoms with Gasteiger partial charge in [0.05, 0.1) is 16.3 Å². The van der Waals surface area contributed by atoms with Gasteiger partial charge in [0.2, 0.25) is 10.0 Å². The van der Waals surface area contributed by atoms with Gasteiger partial charge in [0, 0.05) is 23.1 Å². The normalized spacial score (nSPS) is 11.4. The maximum atomic E-state index is 14.0. The molecule has 0 aliphatic rings. The highest BCUT2D eigenvalue weighted by Crippen LogP contribution is 2.26. The fourth-order valence-electron chi connectivity index (χ4n) is 3.81. The molecule has 0 spiro atoms. The summed E-state index contributed by atoms with van der Waals surface area (Å²) in [6.07, 6.45) is 0. The molecular weight excluding hydrogens is 529 g/mol. The molecule has 0 saturated heterocycles. The summed E-state index contributed by atoms with van der Waals surface area (Å²) in [5.74, 6) is -0.812. The maximum absolute atomic E-state index is 14.0. The molecule has 10 nitrogen and oxygen atoms in total. The second-order valence-electron chi connectivity index (χ2n) is 8.31. The molecule has 198 valence electrons. The topological polar surface area (TPSA) is 144 Å². The monoisotopic (exact) mass is 549 g/mol. The summed E-state index contributed by atoms with van der Waals surface area (Å²) in [5, 5.41) is 10.2. The van der Waals surface area contributed by atoms with E-state index in [9.17, 15) is 22.4 Å². The van der Waals surface area contributed by atoms with Gasteiger partial charge in [0.25, 0.3) is 0 Å². The number of halogens is 1.